The van der Waals surface area contributed by atoms with Crippen LogP contribution in [0.2, 0.25) is 0 Å². The molecule has 0 aliphatic heterocycles. The van der Waals surface area contributed by atoms with Crippen molar-refractivity contribution in [1.29, 1.82) is 0 Å². The molecule has 0 spiro atoms. The molecule has 20 heavy (non-hydrogen) atoms. The van der Waals surface area contributed by atoms with Crippen molar-refractivity contribution < 1.29 is 19.5 Å². The third-order valence-corrected chi connectivity index (χ3v) is 2.45. The molecule has 118 valence electrons. The molecule has 1 unspecified atom stereocenters. The van der Waals surface area contributed by atoms with Crippen LogP contribution in [0.3, 0.4) is 0 Å². The fourth-order valence-electron chi connectivity index (χ4n) is 1.52. The number of nitrogens with one attached hydrogen (secondary N) is 2. The van der Waals surface area contributed by atoms with Crippen LogP contribution in [-0.4, -0.2) is 61.5 Å². The second-order valence-electron chi connectivity index (χ2n) is 4.59. The van der Waals surface area contributed by atoms with Gasteiger partial charge in [0.1, 0.15) is 0 Å². The van der Waals surface area contributed by atoms with E-state index in [-0.39, 0.29) is 17.9 Å². The summed E-state index contributed by atoms with van der Waals surface area (Å²) in [6.45, 7) is 3.27. The number of amides is 2. The Labute approximate surface area is 120 Å². The minimum absolute atomic E-state index is 0.00420. The highest BCUT2D eigenvalue weighted by Crippen LogP contribution is 2.05. The van der Waals surface area contributed by atoms with E-state index < -0.39 is 5.97 Å². The minimum Gasteiger partial charge on any atom is -0.481 e. The Morgan fingerprint density at radius 3 is 2.00 bits per heavy atom. The Kier molecular flexibility index (Phi) is 12.8. The molecule has 0 aliphatic carbocycles. The van der Waals surface area contributed by atoms with Crippen molar-refractivity contribution >= 4 is 17.8 Å². The highest BCUT2D eigenvalue weighted by Gasteiger charge is 2.18. The number of nitrogens with zero attached hydrogens (tertiary/aromatic N) is 1. The third-order valence-electron chi connectivity index (χ3n) is 2.45. The Hall–Kier alpha value is -1.63. The van der Waals surface area contributed by atoms with Crippen molar-refractivity contribution in [2.24, 2.45) is 0 Å². The van der Waals surface area contributed by atoms with Crippen LogP contribution in [0.4, 0.5) is 0 Å². The average molecular weight is 293 g/mol. The van der Waals surface area contributed by atoms with E-state index in [0.717, 1.165) is 26.2 Å². The Bertz CT molecular complexity index is 302. The number of hydrogen-bond acceptors (Lipinski definition) is 4. The van der Waals surface area contributed by atoms with E-state index in [0.29, 0.717) is 6.54 Å². The number of carboxylic acid groups (broad SMARTS) is 1. The normalized spacial score (nSPS) is 11.1. The summed E-state index contributed by atoms with van der Waals surface area (Å²) in [5, 5.41) is 12.8. The standard InChI is InChI=1S/C11H23N3O2.C2H4O2/c1-9(15)13-8-6-5-7-10(14(3)4)11(16)12-2;1-2(3)4/h10H,5-8H2,1-4H3,(H,12,16)(H,13,15);1H3,(H,3,4)/i2+1,14+1;1+1,2+1. The van der Waals surface area contributed by atoms with Gasteiger partial charge in [0.05, 0.1) is 6.04 Å². The van der Waals surface area contributed by atoms with Gasteiger partial charge in [-0.3, -0.25) is 19.3 Å². The van der Waals surface area contributed by atoms with Crippen LogP contribution in [0.5, 0.6) is 0 Å². The molecule has 1 atom stereocenters. The van der Waals surface area contributed by atoms with Crippen LogP contribution in [0.15, 0.2) is 0 Å². The van der Waals surface area contributed by atoms with Crippen molar-refractivity contribution in [2.75, 3.05) is 27.7 Å². The molecule has 2 amide bonds. The largest absolute Gasteiger partial charge is 0.481 e. The maximum absolute atomic E-state index is 11.5. The van der Waals surface area contributed by atoms with Gasteiger partial charge in [0.2, 0.25) is 11.8 Å². The van der Waals surface area contributed by atoms with Gasteiger partial charge >= 0.3 is 0 Å². The second kappa shape index (κ2) is 12.4. The maximum atomic E-state index is 11.5. The molecule has 0 aromatic rings. The first-order valence-corrected chi connectivity index (χ1v) is 6.54. The SMILES string of the molecule is CC(=O)NCCCCC(C(=O)N[13CH3])[15N](C)C.[13CH3][13C](=O)O. The monoisotopic (exact) mass is 293 g/mol. The molecular formula is C13H27N3O4. The van der Waals surface area contributed by atoms with Gasteiger partial charge in [-0.05, 0) is 33.4 Å². The summed E-state index contributed by atoms with van der Waals surface area (Å²) in [7, 11) is 5.44. The van der Waals surface area contributed by atoms with Crippen molar-refractivity contribution in [3.05, 3.63) is 0 Å². The van der Waals surface area contributed by atoms with Gasteiger partial charge in [0.15, 0.2) is 0 Å². The third kappa shape index (κ3) is 14.4. The van der Waals surface area contributed by atoms with Gasteiger partial charge in [-0.15, -0.1) is 0 Å². The number of aliphatic carboxylic acids is 1. The van der Waals surface area contributed by atoms with Crippen LogP contribution in [0, 0.1) is 0 Å². The van der Waals surface area contributed by atoms with Crippen molar-refractivity contribution in [2.45, 2.75) is 39.2 Å². The van der Waals surface area contributed by atoms with E-state index in [2.05, 4.69) is 10.6 Å². The minimum atomic E-state index is -0.833. The lowest BCUT2D eigenvalue weighted by atomic mass is 10.1. The number of hydrogen-bond donors (Lipinski definition) is 3. The zero-order chi connectivity index (χ0) is 16.1. The molecule has 0 bridgehead atoms. The van der Waals surface area contributed by atoms with Crippen LogP contribution in [0.25, 0.3) is 0 Å². The predicted molar refractivity (Wildman–Crippen MR) is 77.4 cm³/mol. The Balaban J connectivity index is 0. The topological polar surface area (TPSA) is 98.7 Å². The first-order valence-electron chi connectivity index (χ1n) is 6.54. The van der Waals surface area contributed by atoms with E-state index in [1.165, 1.54) is 6.92 Å². The zero-order valence-corrected chi connectivity index (χ0v) is 13.0. The van der Waals surface area contributed by atoms with Crippen molar-refractivity contribution in [3.8, 4) is 0 Å². The second-order valence-corrected chi connectivity index (χ2v) is 4.59. The van der Waals surface area contributed by atoms with Crippen LogP contribution in [-0.2, 0) is 14.4 Å². The molecule has 0 saturated heterocycles. The van der Waals surface area contributed by atoms with Crippen LogP contribution >= 0.6 is 0 Å². The smallest absolute Gasteiger partial charge is 0.300 e. The number of carbonyl (C=O) groups excluding carboxylic acids is 2. The van der Waals surface area contributed by atoms with Gasteiger partial charge in [-0.25, -0.2) is 0 Å². The molecule has 0 rings (SSSR count). The predicted octanol–water partition coefficient (Wildman–Crippen LogP) is 0.0599. The summed E-state index contributed by atoms with van der Waals surface area (Å²) in [6.07, 6.45) is 2.64. The molecule has 0 aromatic heterocycles. The molecule has 7 nitrogen and oxygen atoms in total. The van der Waals surface area contributed by atoms with Crippen molar-refractivity contribution in [1.82, 2.24) is 15.5 Å². The molecule has 3 N–H and O–H groups in total. The number of carboxylic acids is 1. The summed E-state index contributed by atoms with van der Waals surface area (Å²) in [5.41, 5.74) is 0. The van der Waals surface area contributed by atoms with Gasteiger partial charge in [0, 0.05) is 27.4 Å². The lowest BCUT2D eigenvalue weighted by Gasteiger charge is -2.22. The molecule has 7 heteroatoms. The molecule has 0 aliphatic rings. The molecular weight excluding hydrogens is 266 g/mol. The van der Waals surface area contributed by atoms with Gasteiger partial charge in [-0.2, -0.15) is 0 Å². The maximum Gasteiger partial charge on any atom is 0.300 e. The molecule has 0 fully saturated rings. The number of unbranched alkanes of at least 4 members (excludes halogenated alkanes) is 1. The van der Waals surface area contributed by atoms with Crippen LogP contribution < -0.4 is 10.6 Å². The number of carbonyl (C=O) groups is 3. The first kappa shape index (κ1) is 20.7. The fraction of sp³-hybridized carbons (Fsp3) is 0.769. The van der Waals surface area contributed by atoms with E-state index in [4.69, 9.17) is 9.90 Å². The highest BCUT2D eigenvalue weighted by molar-refractivity contribution is 5.81. The van der Waals surface area contributed by atoms with Crippen molar-refractivity contribution in [3.63, 3.8) is 0 Å². The molecule has 0 aromatic carbocycles. The fourth-order valence-corrected chi connectivity index (χ4v) is 1.52. The van der Waals surface area contributed by atoms with Gasteiger partial charge in [-0.1, -0.05) is 0 Å². The van der Waals surface area contributed by atoms with E-state index in [9.17, 15) is 9.59 Å². The summed E-state index contributed by atoms with van der Waals surface area (Å²) in [5.74, 6) is -0.792. The molecule has 0 heterocycles. The quantitative estimate of drug-likeness (QED) is 0.350. The lowest BCUT2D eigenvalue weighted by Crippen LogP contribution is -2.42. The zero-order valence-electron chi connectivity index (χ0n) is 13.0. The van der Waals surface area contributed by atoms with Gasteiger partial charge < -0.3 is 15.7 Å². The van der Waals surface area contributed by atoms with E-state index in [1.54, 1.807) is 7.05 Å². The number of likely N-dealkylation sites (N-methyl/N-ethyl adjacent to an activating group) is 2. The highest BCUT2D eigenvalue weighted by atomic mass is 16.5. The van der Waals surface area contributed by atoms with Crippen LogP contribution in [0.1, 0.15) is 33.1 Å². The average Bonchev–Trinajstić information content (AvgIpc) is 2.31. The first-order chi connectivity index (χ1) is 9.22. The van der Waals surface area contributed by atoms with E-state index >= 15 is 0 Å². The summed E-state index contributed by atoms with van der Waals surface area (Å²) in [6, 6.07) is -0.0812. The molecule has 0 saturated carbocycles. The summed E-state index contributed by atoms with van der Waals surface area (Å²) >= 11 is 0. The van der Waals surface area contributed by atoms with E-state index in [1.807, 2.05) is 19.0 Å². The number of rotatable bonds is 7. The summed E-state index contributed by atoms with van der Waals surface area (Å²) < 4.78 is 0. The van der Waals surface area contributed by atoms with Gasteiger partial charge in [0.25, 0.3) is 5.97 Å². The Morgan fingerprint density at radius 2 is 1.65 bits per heavy atom. The lowest BCUT2D eigenvalue weighted by molar-refractivity contribution is -0.134. The Morgan fingerprint density at radius 1 is 1.15 bits per heavy atom. The summed E-state index contributed by atoms with van der Waals surface area (Å²) in [4.78, 5) is 33.0. The molecule has 0 radical (unpaired) electrons.